The summed E-state index contributed by atoms with van der Waals surface area (Å²) in [4.78, 5) is 18.8. The Labute approximate surface area is 159 Å². The average Bonchev–Trinajstić information content (AvgIpc) is 2.65. The van der Waals surface area contributed by atoms with Crippen LogP contribution in [-0.4, -0.2) is 28.9 Å². The number of carbonyl (C=O) groups excluding carboxylic acids is 1. The van der Waals surface area contributed by atoms with Gasteiger partial charge in [0, 0.05) is 22.6 Å². The first-order valence-electron chi connectivity index (χ1n) is 8.55. The summed E-state index contributed by atoms with van der Waals surface area (Å²) in [5.41, 5.74) is 0.742. The fraction of sp³-hybridized carbons (Fsp3) is 0.368. The molecule has 0 aliphatic carbocycles. The van der Waals surface area contributed by atoms with E-state index in [1.165, 1.54) is 6.07 Å². The molecule has 1 N–H and O–H groups in total. The number of aromatic nitrogens is 1. The van der Waals surface area contributed by atoms with Gasteiger partial charge in [-0.25, -0.2) is 13.8 Å². The number of benzene rings is 1. The molecule has 1 amide bonds. The van der Waals surface area contributed by atoms with Gasteiger partial charge in [0.1, 0.15) is 5.82 Å². The summed E-state index contributed by atoms with van der Waals surface area (Å²) >= 11 is 3.31. The lowest BCUT2D eigenvalue weighted by Gasteiger charge is -2.35. The fourth-order valence-electron chi connectivity index (χ4n) is 3.21. The van der Waals surface area contributed by atoms with Gasteiger partial charge in [0.2, 0.25) is 5.91 Å². The van der Waals surface area contributed by atoms with E-state index in [4.69, 9.17) is 0 Å². The molecule has 1 unspecified atom stereocenters. The summed E-state index contributed by atoms with van der Waals surface area (Å²) in [6.45, 7) is 3.43. The van der Waals surface area contributed by atoms with Crippen LogP contribution in [0.1, 0.15) is 31.4 Å². The molecule has 138 valence electrons. The largest absolute Gasteiger partial charge is 0.310 e. The second kappa shape index (κ2) is 8.22. The molecule has 2 heterocycles. The molecule has 1 atom stereocenters. The number of piperidine rings is 1. The number of anilines is 1. The summed E-state index contributed by atoms with van der Waals surface area (Å²) in [6, 6.07) is 7.57. The number of hydrogen-bond acceptors (Lipinski definition) is 3. The Morgan fingerprint density at radius 3 is 2.58 bits per heavy atom. The summed E-state index contributed by atoms with van der Waals surface area (Å²) in [5, 5.41) is 2.85. The quantitative estimate of drug-likeness (QED) is 0.785. The van der Waals surface area contributed by atoms with Gasteiger partial charge in [-0.1, -0.05) is 6.07 Å². The Balaban J connectivity index is 1.55. The molecule has 0 bridgehead atoms. The van der Waals surface area contributed by atoms with Crippen molar-refractivity contribution < 1.29 is 13.6 Å². The lowest BCUT2D eigenvalue weighted by atomic mass is 9.94. The smallest absolute Gasteiger partial charge is 0.228 e. The summed E-state index contributed by atoms with van der Waals surface area (Å²) in [6.07, 6.45) is 3.08. The van der Waals surface area contributed by atoms with E-state index in [-0.39, 0.29) is 17.9 Å². The third-order valence-corrected chi connectivity index (χ3v) is 5.32. The van der Waals surface area contributed by atoms with Gasteiger partial charge in [0.15, 0.2) is 11.6 Å². The van der Waals surface area contributed by atoms with E-state index in [0.717, 1.165) is 42.0 Å². The number of amides is 1. The van der Waals surface area contributed by atoms with Gasteiger partial charge < -0.3 is 5.32 Å². The minimum atomic E-state index is -0.835. The summed E-state index contributed by atoms with van der Waals surface area (Å²) < 4.78 is 27.4. The molecule has 1 aliphatic rings. The van der Waals surface area contributed by atoms with Crippen LogP contribution in [0.25, 0.3) is 0 Å². The molecule has 26 heavy (non-hydrogen) atoms. The molecule has 4 nitrogen and oxygen atoms in total. The number of halogens is 3. The molecule has 1 aliphatic heterocycles. The van der Waals surface area contributed by atoms with Gasteiger partial charge in [-0.3, -0.25) is 9.69 Å². The molecule has 0 radical (unpaired) electrons. The zero-order valence-corrected chi connectivity index (χ0v) is 16.0. The maximum Gasteiger partial charge on any atom is 0.228 e. The van der Waals surface area contributed by atoms with Crippen LogP contribution < -0.4 is 5.32 Å². The maximum absolute atomic E-state index is 13.5. The van der Waals surface area contributed by atoms with Gasteiger partial charge in [-0.05, 0) is 78.6 Å². The Bertz CT molecular complexity index is 777. The third-order valence-electron chi connectivity index (χ3n) is 4.85. The van der Waals surface area contributed by atoms with Gasteiger partial charge in [0.05, 0.1) is 0 Å². The van der Waals surface area contributed by atoms with Crippen molar-refractivity contribution in [1.82, 2.24) is 9.88 Å². The van der Waals surface area contributed by atoms with Crippen molar-refractivity contribution in [3.8, 4) is 0 Å². The van der Waals surface area contributed by atoms with E-state index in [9.17, 15) is 13.6 Å². The Kier molecular flexibility index (Phi) is 5.98. The first-order valence-corrected chi connectivity index (χ1v) is 9.35. The topological polar surface area (TPSA) is 45.2 Å². The second-order valence-corrected chi connectivity index (χ2v) is 7.43. The van der Waals surface area contributed by atoms with Crippen molar-refractivity contribution in [2.45, 2.75) is 25.8 Å². The van der Waals surface area contributed by atoms with Crippen LogP contribution in [0.4, 0.5) is 14.6 Å². The highest BCUT2D eigenvalue weighted by Crippen LogP contribution is 2.28. The van der Waals surface area contributed by atoms with Crippen molar-refractivity contribution in [2.24, 2.45) is 5.92 Å². The Hall–Kier alpha value is -1.86. The van der Waals surface area contributed by atoms with Crippen LogP contribution in [0.15, 0.2) is 41.0 Å². The first kappa shape index (κ1) is 18.9. The highest BCUT2D eigenvalue weighted by molar-refractivity contribution is 9.10. The SMILES string of the molecule is CC(c1ccc(F)c(F)c1)N1CCC(C(=O)Nc2ccc(Br)cn2)CC1. The highest BCUT2D eigenvalue weighted by Gasteiger charge is 2.28. The van der Waals surface area contributed by atoms with Crippen LogP contribution in [-0.2, 0) is 4.79 Å². The average molecular weight is 424 g/mol. The predicted octanol–water partition coefficient (Wildman–Crippen LogP) is 4.53. The number of carbonyl (C=O) groups is 1. The minimum absolute atomic E-state index is 0.0257. The summed E-state index contributed by atoms with van der Waals surface area (Å²) in [7, 11) is 0. The fourth-order valence-corrected chi connectivity index (χ4v) is 3.44. The van der Waals surface area contributed by atoms with Gasteiger partial charge in [-0.2, -0.15) is 0 Å². The lowest BCUT2D eigenvalue weighted by Crippen LogP contribution is -2.39. The number of nitrogens with one attached hydrogen (secondary N) is 1. The van der Waals surface area contributed by atoms with E-state index in [0.29, 0.717) is 5.82 Å². The number of pyridine rings is 1. The van der Waals surface area contributed by atoms with Gasteiger partial charge in [-0.15, -0.1) is 0 Å². The van der Waals surface area contributed by atoms with Crippen molar-refractivity contribution in [2.75, 3.05) is 18.4 Å². The minimum Gasteiger partial charge on any atom is -0.310 e. The molecular weight excluding hydrogens is 404 g/mol. The van der Waals surface area contributed by atoms with Crippen molar-refractivity contribution >= 4 is 27.7 Å². The van der Waals surface area contributed by atoms with Crippen molar-refractivity contribution in [3.63, 3.8) is 0 Å². The molecule has 0 spiro atoms. The predicted molar refractivity (Wildman–Crippen MR) is 99.6 cm³/mol. The maximum atomic E-state index is 13.5. The normalized spacial score (nSPS) is 17.1. The molecule has 1 aromatic heterocycles. The molecule has 3 rings (SSSR count). The highest BCUT2D eigenvalue weighted by atomic mass is 79.9. The van der Waals surface area contributed by atoms with E-state index in [1.54, 1.807) is 18.3 Å². The monoisotopic (exact) mass is 423 g/mol. The molecular formula is C19H20BrF2N3O. The molecule has 1 fully saturated rings. The van der Waals surface area contributed by atoms with Gasteiger partial charge in [0.25, 0.3) is 0 Å². The molecule has 7 heteroatoms. The standard InChI is InChI=1S/C19H20BrF2N3O/c1-12(14-2-4-16(21)17(22)10-14)25-8-6-13(7-9-25)19(26)24-18-5-3-15(20)11-23-18/h2-5,10-13H,6-9H2,1H3,(H,23,24,26). The third kappa shape index (κ3) is 4.45. The van der Waals surface area contributed by atoms with E-state index < -0.39 is 11.6 Å². The van der Waals surface area contributed by atoms with E-state index >= 15 is 0 Å². The van der Waals surface area contributed by atoms with Crippen LogP contribution in [0.3, 0.4) is 0 Å². The van der Waals surface area contributed by atoms with Crippen LogP contribution in [0.5, 0.6) is 0 Å². The van der Waals surface area contributed by atoms with Crippen LogP contribution in [0, 0.1) is 17.6 Å². The lowest BCUT2D eigenvalue weighted by molar-refractivity contribution is -0.121. The van der Waals surface area contributed by atoms with Crippen LogP contribution in [0.2, 0.25) is 0 Å². The Morgan fingerprint density at radius 2 is 1.96 bits per heavy atom. The summed E-state index contributed by atoms with van der Waals surface area (Å²) in [5.74, 6) is -1.23. The van der Waals surface area contributed by atoms with Crippen LogP contribution >= 0.6 is 15.9 Å². The Morgan fingerprint density at radius 1 is 1.23 bits per heavy atom. The zero-order chi connectivity index (χ0) is 18.7. The van der Waals surface area contributed by atoms with Crippen molar-refractivity contribution in [3.05, 3.63) is 58.2 Å². The van der Waals surface area contributed by atoms with Gasteiger partial charge >= 0.3 is 0 Å². The van der Waals surface area contributed by atoms with Crippen molar-refractivity contribution in [1.29, 1.82) is 0 Å². The first-order chi connectivity index (χ1) is 12.4. The molecule has 2 aromatic rings. The number of nitrogens with zero attached hydrogens (tertiary/aromatic N) is 2. The number of hydrogen-bond donors (Lipinski definition) is 1. The van der Waals surface area contributed by atoms with E-state index in [2.05, 4.69) is 31.1 Å². The number of rotatable bonds is 4. The second-order valence-electron chi connectivity index (χ2n) is 6.51. The number of likely N-dealkylation sites (tertiary alicyclic amines) is 1. The molecule has 1 saturated heterocycles. The molecule has 0 saturated carbocycles. The zero-order valence-electron chi connectivity index (χ0n) is 14.4. The van der Waals surface area contributed by atoms with E-state index in [1.807, 2.05) is 13.0 Å². The molecule has 1 aromatic carbocycles.